The first-order valence-corrected chi connectivity index (χ1v) is 4.01. The average molecular weight is 149 g/mol. The Labute approximate surface area is 58.9 Å². The molecule has 0 aromatic carbocycles. The molecule has 0 aromatic rings. The molecule has 9 heavy (non-hydrogen) atoms. The summed E-state index contributed by atoms with van der Waals surface area (Å²) in [4.78, 5) is 0. The largest absolute Gasteiger partial charge is 0.336 e. The van der Waals surface area contributed by atoms with Gasteiger partial charge in [-0.05, 0) is 12.8 Å². The van der Waals surface area contributed by atoms with Crippen LogP contribution in [0.4, 0.5) is 0 Å². The van der Waals surface area contributed by atoms with E-state index in [2.05, 4.69) is 13.8 Å². The normalized spacial score (nSPS) is 10.0. The fourth-order valence-corrected chi connectivity index (χ4v) is 0.898. The van der Waals surface area contributed by atoms with Crippen LogP contribution in [-0.4, -0.2) is 13.2 Å². The third kappa shape index (κ3) is 8.35. The van der Waals surface area contributed by atoms with Gasteiger partial charge in [-0.25, -0.2) is 0 Å². The van der Waals surface area contributed by atoms with E-state index in [9.17, 15) is 0 Å². The number of hydrogen-bond donors (Lipinski definition) is 0. The highest BCUT2D eigenvalue weighted by Crippen LogP contribution is 2.13. The molecule has 0 spiro atoms. The highest BCUT2D eigenvalue weighted by molar-refractivity contribution is 7.26. The summed E-state index contributed by atoms with van der Waals surface area (Å²) in [6.45, 7) is 7.21. The van der Waals surface area contributed by atoms with E-state index in [0.717, 1.165) is 19.4 Å². The molecule has 0 aliphatic carbocycles. The van der Waals surface area contributed by atoms with Gasteiger partial charge in [0.1, 0.15) is 0 Å². The zero-order chi connectivity index (χ0) is 6.95. The summed E-state index contributed by atoms with van der Waals surface area (Å²) in [5, 5.41) is 0. The van der Waals surface area contributed by atoms with E-state index in [1.165, 1.54) is 0 Å². The average Bonchev–Trinajstić information content (AvgIpc) is 1.89. The van der Waals surface area contributed by atoms with Gasteiger partial charge in [-0.15, -0.1) is 0 Å². The van der Waals surface area contributed by atoms with Gasteiger partial charge in [-0.2, -0.15) is 0 Å². The Balaban J connectivity index is 2.60. The van der Waals surface area contributed by atoms with Gasteiger partial charge in [-0.1, -0.05) is 13.8 Å². The maximum atomic E-state index is 5.06. The Morgan fingerprint density at radius 2 is 2.00 bits per heavy atom. The highest BCUT2D eigenvalue weighted by Gasteiger charge is 1.84. The summed E-state index contributed by atoms with van der Waals surface area (Å²) >= 11 is 0. The fraction of sp³-hybridized carbons (Fsp3) is 0.833. The van der Waals surface area contributed by atoms with Crippen molar-refractivity contribution in [3.63, 3.8) is 0 Å². The first-order valence-electron chi connectivity index (χ1n) is 3.19. The number of rotatable bonds is 6. The highest BCUT2D eigenvalue weighted by atomic mass is 31.1. The van der Waals surface area contributed by atoms with Crippen LogP contribution in [0.15, 0.2) is 0 Å². The summed E-state index contributed by atoms with van der Waals surface area (Å²) < 4.78 is 10.1. The van der Waals surface area contributed by atoms with E-state index >= 15 is 0 Å². The van der Waals surface area contributed by atoms with Crippen molar-refractivity contribution in [2.45, 2.75) is 19.8 Å². The summed E-state index contributed by atoms with van der Waals surface area (Å²) in [5.41, 5.74) is 0. The maximum Gasteiger partial charge on any atom is 0.155 e. The van der Waals surface area contributed by atoms with Crippen molar-refractivity contribution in [2.75, 3.05) is 13.2 Å². The lowest BCUT2D eigenvalue weighted by molar-refractivity contribution is 0.270. The summed E-state index contributed by atoms with van der Waals surface area (Å²) in [6, 6.07) is 0. The minimum atomic E-state index is 0.206. The standard InChI is InChI=1S/C6H14O2P/c1-3-5-7-9-8-6-4-2/h9H,1,3-6H2,2H3. The molecule has 0 aliphatic rings. The van der Waals surface area contributed by atoms with Gasteiger partial charge in [0.25, 0.3) is 0 Å². The molecule has 0 aliphatic heterocycles. The third-order valence-corrected chi connectivity index (χ3v) is 1.31. The molecule has 0 amide bonds. The van der Waals surface area contributed by atoms with Gasteiger partial charge in [0.05, 0.1) is 13.2 Å². The van der Waals surface area contributed by atoms with Crippen LogP contribution in [0.5, 0.6) is 0 Å². The van der Waals surface area contributed by atoms with Gasteiger partial charge in [-0.3, -0.25) is 0 Å². The van der Waals surface area contributed by atoms with Crippen LogP contribution in [0.2, 0.25) is 0 Å². The van der Waals surface area contributed by atoms with Crippen molar-refractivity contribution in [3.05, 3.63) is 6.92 Å². The van der Waals surface area contributed by atoms with Crippen molar-refractivity contribution in [1.82, 2.24) is 0 Å². The molecule has 0 bridgehead atoms. The van der Waals surface area contributed by atoms with Gasteiger partial charge in [0.2, 0.25) is 0 Å². The first kappa shape index (κ1) is 9.35. The second-order valence-corrected chi connectivity index (χ2v) is 2.38. The van der Waals surface area contributed by atoms with Crippen molar-refractivity contribution in [2.24, 2.45) is 0 Å². The topological polar surface area (TPSA) is 18.5 Å². The molecule has 3 heteroatoms. The van der Waals surface area contributed by atoms with Crippen LogP contribution in [0, 0.1) is 6.92 Å². The molecular weight excluding hydrogens is 135 g/mol. The molecule has 0 saturated carbocycles. The number of hydrogen-bond acceptors (Lipinski definition) is 2. The van der Waals surface area contributed by atoms with Crippen molar-refractivity contribution < 1.29 is 9.05 Å². The van der Waals surface area contributed by atoms with Crippen LogP contribution in [0.3, 0.4) is 0 Å². The van der Waals surface area contributed by atoms with Crippen molar-refractivity contribution in [3.8, 4) is 0 Å². The Morgan fingerprint density at radius 1 is 1.33 bits per heavy atom. The molecule has 0 rings (SSSR count). The molecular formula is C6H14O2P. The Kier molecular flexibility index (Phi) is 8.67. The first-order chi connectivity index (χ1) is 4.41. The van der Waals surface area contributed by atoms with Gasteiger partial charge in [0, 0.05) is 0 Å². The van der Waals surface area contributed by atoms with Crippen LogP contribution < -0.4 is 0 Å². The van der Waals surface area contributed by atoms with E-state index in [4.69, 9.17) is 9.05 Å². The fourth-order valence-electron chi connectivity index (χ4n) is 0.299. The molecule has 2 nitrogen and oxygen atoms in total. The zero-order valence-corrected chi connectivity index (χ0v) is 6.85. The molecule has 0 N–H and O–H groups in total. The summed E-state index contributed by atoms with van der Waals surface area (Å²) in [7, 11) is 0.206. The SMILES string of the molecule is [CH2]CCOPOCCC. The minimum absolute atomic E-state index is 0.206. The molecule has 55 valence electrons. The quantitative estimate of drug-likeness (QED) is 0.425. The lowest BCUT2D eigenvalue weighted by atomic mass is 10.5. The second-order valence-electron chi connectivity index (χ2n) is 1.63. The van der Waals surface area contributed by atoms with Crippen LogP contribution >= 0.6 is 9.03 Å². The molecule has 0 fully saturated rings. The third-order valence-electron chi connectivity index (χ3n) is 0.670. The predicted molar refractivity (Wildman–Crippen MR) is 40.5 cm³/mol. The molecule has 1 radical (unpaired) electrons. The van der Waals surface area contributed by atoms with Crippen LogP contribution in [0.1, 0.15) is 19.8 Å². The Morgan fingerprint density at radius 3 is 2.56 bits per heavy atom. The van der Waals surface area contributed by atoms with Crippen LogP contribution in [-0.2, 0) is 9.05 Å². The van der Waals surface area contributed by atoms with Gasteiger partial charge >= 0.3 is 0 Å². The Hall–Kier alpha value is 0.350. The lowest BCUT2D eigenvalue weighted by Gasteiger charge is -2.00. The summed E-state index contributed by atoms with van der Waals surface area (Å²) in [6.07, 6.45) is 1.88. The summed E-state index contributed by atoms with van der Waals surface area (Å²) in [5.74, 6) is 0. The predicted octanol–water partition coefficient (Wildman–Crippen LogP) is 2.16. The van der Waals surface area contributed by atoms with Crippen LogP contribution in [0.25, 0.3) is 0 Å². The lowest BCUT2D eigenvalue weighted by Crippen LogP contribution is -1.84. The second kappa shape index (κ2) is 8.35. The van der Waals surface area contributed by atoms with E-state index in [0.29, 0.717) is 6.61 Å². The van der Waals surface area contributed by atoms with E-state index in [-0.39, 0.29) is 9.03 Å². The monoisotopic (exact) mass is 149 g/mol. The Bertz CT molecular complexity index is 44.3. The van der Waals surface area contributed by atoms with E-state index < -0.39 is 0 Å². The molecule has 0 saturated heterocycles. The minimum Gasteiger partial charge on any atom is -0.336 e. The van der Waals surface area contributed by atoms with Gasteiger partial charge in [0.15, 0.2) is 9.03 Å². The van der Waals surface area contributed by atoms with E-state index in [1.807, 2.05) is 0 Å². The molecule has 0 aromatic heterocycles. The van der Waals surface area contributed by atoms with Crippen molar-refractivity contribution in [1.29, 1.82) is 0 Å². The maximum absolute atomic E-state index is 5.06. The molecule has 1 atom stereocenters. The smallest absolute Gasteiger partial charge is 0.155 e. The zero-order valence-electron chi connectivity index (χ0n) is 5.85. The van der Waals surface area contributed by atoms with E-state index in [1.54, 1.807) is 0 Å². The van der Waals surface area contributed by atoms with Gasteiger partial charge < -0.3 is 9.05 Å². The molecule has 0 heterocycles. The molecule has 1 unspecified atom stereocenters. The van der Waals surface area contributed by atoms with Crippen molar-refractivity contribution >= 4 is 9.03 Å².